The minimum atomic E-state index is 0.791. The molecule has 26 heavy (non-hydrogen) atoms. The van der Waals surface area contributed by atoms with E-state index in [1.165, 1.54) is 11.1 Å². The zero-order valence-electron chi connectivity index (χ0n) is 14.5. The van der Waals surface area contributed by atoms with Gasteiger partial charge in [0.05, 0.1) is 17.6 Å². The molecule has 126 valence electrons. The van der Waals surface area contributed by atoms with Gasteiger partial charge in [0.1, 0.15) is 17.3 Å². The number of rotatable bonds is 1. The second-order valence-corrected chi connectivity index (χ2v) is 6.50. The third-order valence-electron chi connectivity index (χ3n) is 4.97. The first-order valence-corrected chi connectivity index (χ1v) is 8.56. The number of anilines is 2. The van der Waals surface area contributed by atoms with Crippen LogP contribution in [0.25, 0.3) is 33.9 Å². The van der Waals surface area contributed by atoms with Crippen molar-refractivity contribution in [2.75, 3.05) is 5.32 Å². The van der Waals surface area contributed by atoms with Crippen LogP contribution in [-0.2, 0) is 0 Å². The van der Waals surface area contributed by atoms with Gasteiger partial charge < -0.3 is 10.3 Å². The van der Waals surface area contributed by atoms with Crippen LogP contribution in [0.4, 0.5) is 11.5 Å². The van der Waals surface area contributed by atoms with Gasteiger partial charge in [-0.3, -0.25) is 4.98 Å². The Morgan fingerprint density at radius 3 is 2.69 bits per heavy atom. The number of fused-ring (bicyclic) bond motifs is 5. The minimum absolute atomic E-state index is 0.791. The van der Waals surface area contributed by atoms with Crippen molar-refractivity contribution in [3.63, 3.8) is 0 Å². The summed E-state index contributed by atoms with van der Waals surface area (Å²) in [6, 6.07) is 12.3. The number of nitrogens with one attached hydrogen (secondary N) is 2. The normalized spacial score (nSPS) is 11.8. The third-order valence-corrected chi connectivity index (χ3v) is 4.97. The van der Waals surface area contributed by atoms with Crippen molar-refractivity contribution in [3.8, 4) is 33.9 Å². The predicted molar refractivity (Wildman–Crippen MR) is 103 cm³/mol. The van der Waals surface area contributed by atoms with Crippen molar-refractivity contribution in [2.45, 2.75) is 13.8 Å². The molecular formula is C21H17N5. The molecule has 0 aliphatic carbocycles. The van der Waals surface area contributed by atoms with Gasteiger partial charge in [0, 0.05) is 29.1 Å². The first-order chi connectivity index (χ1) is 12.7. The third kappa shape index (κ3) is 2.14. The lowest BCUT2D eigenvalue weighted by molar-refractivity contribution is 1.24. The Balaban J connectivity index is 1.82. The molecule has 0 saturated carbocycles. The lowest BCUT2D eigenvalue weighted by atomic mass is 10.0. The number of aryl methyl sites for hydroxylation is 1. The standard InChI is InChI=1S/C21H17N5/c1-12-5-3-6-14(13(12)2)21-25-18-15-8-10-22-11-17(15)24-20-16(19(18)26-21)7-4-9-23-20/h3-11H,1-2H3,(H,23,24)(H,25,26). The number of H-pyrrole nitrogens is 1. The highest BCUT2D eigenvalue weighted by Crippen LogP contribution is 2.42. The average Bonchev–Trinajstić information content (AvgIpc) is 3.04. The zero-order valence-corrected chi connectivity index (χ0v) is 14.5. The fourth-order valence-corrected chi connectivity index (χ4v) is 3.43. The summed E-state index contributed by atoms with van der Waals surface area (Å²) in [7, 11) is 0. The number of hydrogen-bond acceptors (Lipinski definition) is 4. The summed E-state index contributed by atoms with van der Waals surface area (Å²) in [5, 5.41) is 3.38. The van der Waals surface area contributed by atoms with E-state index in [-0.39, 0.29) is 0 Å². The summed E-state index contributed by atoms with van der Waals surface area (Å²) >= 11 is 0. The van der Waals surface area contributed by atoms with E-state index >= 15 is 0 Å². The lowest BCUT2D eigenvalue weighted by Crippen LogP contribution is -1.96. The van der Waals surface area contributed by atoms with E-state index in [0.29, 0.717) is 0 Å². The number of pyridine rings is 2. The van der Waals surface area contributed by atoms with Crippen molar-refractivity contribution in [1.29, 1.82) is 0 Å². The van der Waals surface area contributed by atoms with Gasteiger partial charge in [-0.25, -0.2) is 9.97 Å². The molecule has 4 aromatic rings. The maximum atomic E-state index is 4.97. The first-order valence-electron chi connectivity index (χ1n) is 8.56. The van der Waals surface area contributed by atoms with Gasteiger partial charge in [-0.05, 0) is 43.2 Å². The molecule has 1 aromatic carbocycles. The van der Waals surface area contributed by atoms with E-state index in [9.17, 15) is 0 Å². The summed E-state index contributed by atoms with van der Waals surface area (Å²) in [6.45, 7) is 4.25. The molecule has 0 radical (unpaired) electrons. The highest BCUT2D eigenvalue weighted by atomic mass is 15.0. The van der Waals surface area contributed by atoms with Crippen LogP contribution in [0.3, 0.4) is 0 Å². The summed E-state index contributed by atoms with van der Waals surface area (Å²) in [6.07, 6.45) is 5.40. The van der Waals surface area contributed by atoms with Gasteiger partial charge in [0.2, 0.25) is 0 Å². The van der Waals surface area contributed by atoms with Gasteiger partial charge in [0.15, 0.2) is 0 Å². The van der Waals surface area contributed by atoms with Crippen LogP contribution < -0.4 is 5.32 Å². The zero-order chi connectivity index (χ0) is 17.7. The Kier molecular flexibility index (Phi) is 3.15. The number of hydrogen-bond donors (Lipinski definition) is 2. The highest BCUT2D eigenvalue weighted by molar-refractivity contribution is 5.95. The molecule has 0 saturated heterocycles. The first kappa shape index (κ1) is 14.8. The Bertz CT molecular complexity index is 1080. The largest absolute Gasteiger partial charge is 0.338 e. The molecule has 4 heterocycles. The molecule has 5 heteroatoms. The number of imidazole rings is 1. The van der Waals surface area contributed by atoms with E-state index < -0.39 is 0 Å². The number of benzene rings is 1. The molecule has 1 aliphatic rings. The molecule has 0 fully saturated rings. The molecule has 5 rings (SSSR count). The maximum absolute atomic E-state index is 4.97. The molecular weight excluding hydrogens is 322 g/mol. The van der Waals surface area contributed by atoms with Gasteiger partial charge >= 0.3 is 0 Å². The van der Waals surface area contributed by atoms with Crippen LogP contribution in [0.15, 0.2) is 55.0 Å². The van der Waals surface area contributed by atoms with E-state index in [1.807, 2.05) is 24.4 Å². The van der Waals surface area contributed by atoms with Gasteiger partial charge in [0.25, 0.3) is 0 Å². The van der Waals surface area contributed by atoms with E-state index in [4.69, 9.17) is 4.98 Å². The second-order valence-electron chi connectivity index (χ2n) is 6.50. The van der Waals surface area contributed by atoms with Gasteiger partial charge in [-0.15, -0.1) is 0 Å². The highest BCUT2D eigenvalue weighted by Gasteiger charge is 2.24. The van der Waals surface area contributed by atoms with Crippen LogP contribution in [0, 0.1) is 13.8 Å². The van der Waals surface area contributed by atoms with E-state index in [1.54, 1.807) is 12.4 Å². The summed E-state index contributed by atoms with van der Waals surface area (Å²) in [5.41, 5.74) is 8.43. The molecule has 0 spiro atoms. The molecule has 0 bridgehead atoms. The van der Waals surface area contributed by atoms with Crippen LogP contribution >= 0.6 is 0 Å². The van der Waals surface area contributed by atoms with Crippen LogP contribution in [0.1, 0.15) is 11.1 Å². The fourth-order valence-electron chi connectivity index (χ4n) is 3.43. The molecule has 2 N–H and O–H groups in total. The van der Waals surface area contributed by atoms with Gasteiger partial charge in [-0.1, -0.05) is 18.2 Å². The quantitative estimate of drug-likeness (QED) is 0.457. The van der Waals surface area contributed by atoms with Crippen molar-refractivity contribution >= 4 is 11.5 Å². The molecule has 0 unspecified atom stereocenters. The predicted octanol–water partition coefficient (Wildman–Crippen LogP) is 4.87. The second kappa shape index (κ2) is 5.52. The summed E-state index contributed by atoms with van der Waals surface area (Å²) in [4.78, 5) is 17.3. The topological polar surface area (TPSA) is 66.5 Å². The molecule has 1 aliphatic heterocycles. The Hall–Kier alpha value is -3.47. The number of aromatic nitrogens is 4. The van der Waals surface area contributed by atoms with Crippen molar-refractivity contribution in [3.05, 3.63) is 66.1 Å². The summed E-state index contributed by atoms with van der Waals surface area (Å²) in [5.74, 6) is 1.66. The number of nitrogens with zero attached hydrogens (tertiary/aromatic N) is 3. The van der Waals surface area contributed by atoms with Crippen molar-refractivity contribution in [1.82, 2.24) is 19.9 Å². The number of aromatic amines is 1. The van der Waals surface area contributed by atoms with Crippen molar-refractivity contribution < 1.29 is 0 Å². The summed E-state index contributed by atoms with van der Waals surface area (Å²) < 4.78 is 0. The lowest BCUT2D eigenvalue weighted by Gasteiger charge is -2.08. The SMILES string of the molecule is Cc1cccc(-c2nc3c([nH]2)-c2ccncc2Nc2ncccc2-3)c1C. The van der Waals surface area contributed by atoms with Crippen LogP contribution in [-0.4, -0.2) is 19.9 Å². The maximum Gasteiger partial charge on any atom is 0.139 e. The van der Waals surface area contributed by atoms with Crippen molar-refractivity contribution in [2.24, 2.45) is 0 Å². The molecule has 3 aromatic heterocycles. The minimum Gasteiger partial charge on any atom is -0.338 e. The monoisotopic (exact) mass is 339 g/mol. The Morgan fingerprint density at radius 2 is 1.77 bits per heavy atom. The molecule has 5 nitrogen and oxygen atoms in total. The Morgan fingerprint density at radius 1 is 0.885 bits per heavy atom. The Labute approximate surface area is 151 Å². The van der Waals surface area contributed by atoms with E-state index in [2.05, 4.69) is 52.3 Å². The molecule has 0 amide bonds. The smallest absolute Gasteiger partial charge is 0.139 e. The average molecular weight is 339 g/mol. The van der Waals surface area contributed by atoms with Gasteiger partial charge in [-0.2, -0.15) is 0 Å². The fraction of sp³-hybridized carbons (Fsp3) is 0.0952. The van der Waals surface area contributed by atoms with E-state index in [0.717, 1.165) is 45.4 Å². The molecule has 0 atom stereocenters. The van der Waals surface area contributed by atoms with Crippen LogP contribution in [0.5, 0.6) is 0 Å². The van der Waals surface area contributed by atoms with Crippen LogP contribution in [0.2, 0.25) is 0 Å².